The monoisotopic (exact) mass is 239 g/mol. The number of carbonyl (C=O) groups excluding carboxylic acids is 1. The van der Waals surface area contributed by atoms with Crippen LogP contribution in [0.2, 0.25) is 0 Å². The lowest BCUT2D eigenvalue weighted by Crippen LogP contribution is -2.45. The molecule has 0 spiro atoms. The standard InChI is InChI=1S/C13H25N3O/c1-3-4-6-15-13(17)10(2)16-8-11-5-7-14-12(11)9-16/h10-12,14H,3-9H2,1-2H3,(H,15,17)/t10?,11-,12+/m0/s1. The van der Waals surface area contributed by atoms with Gasteiger partial charge < -0.3 is 10.6 Å². The van der Waals surface area contributed by atoms with Gasteiger partial charge in [-0.05, 0) is 32.2 Å². The van der Waals surface area contributed by atoms with Gasteiger partial charge in [0, 0.05) is 25.7 Å². The highest BCUT2D eigenvalue weighted by Gasteiger charge is 2.38. The van der Waals surface area contributed by atoms with Crippen molar-refractivity contribution in [2.75, 3.05) is 26.2 Å². The van der Waals surface area contributed by atoms with Crippen LogP contribution in [0, 0.1) is 5.92 Å². The third-order valence-corrected chi connectivity index (χ3v) is 4.15. The molecule has 17 heavy (non-hydrogen) atoms. The van der Waals surface area contributed by atoms with Crippen molar-refractivity contribution in [3.05, 3.63) is 0 Å². The molecule has 3 atom stereocenters. The first-order chi connectivity index (χ1) is 8.22. The van der Waals surface area contributed by atoms with E-state index < -0.39 is 0 Å². The zero-order chi connectivity index (χ0) is 12.3. The maximum atomic E-state index is 12.0. The zero-order valence-electron chi connectivity index (χ0n) is 11.0. The minimum Gasteiger partial charge on any atom is -0.355 e. The molecule has 2 fully saturated rings. The SMILES string of the molecule is CCCCNC(=O)C(C)N1C[C@@H]2CCN[C@@H]2C1. The Morgan fingerprint density at radius 3 is 3.06 bits per heavy atom. The number of fused-ring (bicyclic) bond motifs is 1. The van der Waals surface area contributed by atoms with Crippen LogP contribution in [-0.4, -0.2) is 49.1 Å². The molecule has 2 saturated heterocycles. The normalized spacial score (nSPS) is 30.2. The summed E-state index contributed by atoms with van der Waals surface area (Å²) >= 11 is 0. The number of rotatable bonds is 5. The Bertz CT molecular complexity index is 257. The van der Waals surface area contributed by atoms with Crippen LogP contribution in [0.5, 0.6) is 0 Å². The van der Waals surface area contributed by atoms with E-state index in [-0.39, 0.29) is 11.9 Å². The summed E-state index contributed by atoms with van der Waals surface area (Å²) in [6, 6.07) is 0.653. The summed E-state index contributed by atoms with van der Waals surface area (Å²) in [4.78, 5) is 14.3. The lowest BCUT2D eigenvalue weighted by molar-refractivity contribution is -0.125. The number of carbonyl (C=O) groups is 1. The Morgan fingerprint density at radius 2 is 2.35 bits per heavy atom. The van der Waals surface area contributed by atoms with Crippen LogP contribution in [0.4, 0.5) is 0 Å². The van der Waals surface area contributed by atoms with Crippen molar-refractivity contribution in [2.45, 2.75) is 45.2 Å². The molecule has 4 nitrogen and oxygen atoms in total. The fourth-order valence-corrected chi connectivity index (χ4v) is 2.90. The Labute approximate surface area is 104 Å². The average Bonchev–Trinajstić information content (AvgIpc) is 2.88. The molecule has 0 aromatic heterocycles. The number of likely N-dealkylation sites (tertiary alicyclic amines) is 1. The molecule has 0 radical (unpaired) electrons. The molecular weight excluding hydrogens is 214 g/mol. The van der Waals surface area contributed by atoms with E-state index in [2.05, 4.69) is 22.5 Å². The average molecular weight is 239 g/mol. The molecule has 2 rings (SSSR count). The van der Waals surface area contributed by atoms with Crippen LogP contribution in [0.3, 0.4) is 0 Å². The Kier molecular flexibility index (Phi) is 4.40. The van der Waals surface area contributed by atoms with Crippen molar-refractivity contribution in [2.24, 2.45) is 5.92 Å². The highest BCUT2D eigenvalue weighted by Crippen LogP contribution is 2.25. The smallest absolute Gasteiger partial charge is 0.237 e. The van der Waals surface area contributed by atoms with E-state index in [1.165, 1.54) is 6.42 Å². The van der Waals surface area contributed by atoms with Crippen molar-refractivity contribution in [1.29, 1.82) is 0 Å². The quantitative estimate of drug-likeness (QED) is 0.690. The fraction of sp³-hybridized carbons (Fsp3) is 0.923. The fourth-order valence-electron chi connectivity index (χ4n) is 2.90. The first-order valence-corrected chi connectivity index (χ1v) is 6.97. The molecule has 0 bridgehead atoms. The second kappa shape index (κ2) is 5.83. The summed E-state index contributed by atoms with van der Waals surface area (Å²) in [5.74, 6) is 0.958. The van der Waals surface area contributed by atoms with Crippen LogP contribution in [0.1, 0.15) is 33.1 Å². The maximum Gasteiger partial charge on any atom is 0.237 e. The molecule has 2 heterocycles. The van der Waals surface area contributed by atoms with E-state index in [0.717, 1.165) is 44.9 Å². The summed E-state index contributed by atoms with van der Waals surface area (Å²) in [5.41, 5.74) is 0. The van der Waals surface area contributed by atoms with E-state index in [1.54, 1.807) is 0 Å². The van der Waals surface area contributed by atoms with Gasteiger partial charge in [-0.1, -0.05) is 13.3 Å². The lowest BCUT2D eigenvalue weighted by atomic mass is 10.1. The minimum atomic E-state index is 0.0271. The first kappa shape index (κ1) is 12.8. The number of nitrogens with one attached hydrogen (secondary N) is 2. The van der Waals surface area contributed by atoms with Gasteiger partial charge >= 0.3 is 0 Å². The zero-order valence-corrected chi connectivity index (χ0v) is 11.0. The van der Waals surface area contributed by atoms with Crippen molar-refractivity contribution >= 4 is 5.91 Å². The molecule has 0 aromatic rings. The minimum absolute atomic E-state index is 0.0271. The summed E-state index contributed by atoms with van der Waals surface area (Å²) in [7, 11) is 0. The molecule has 0 saturated carbocycles. The number of nitrogens with zero attached hydrogens (tertiary/aromatic N) is 1. The van der Waals surface area contributed by atoms with Crippen LogP contribution < -0.4 is 10.6 Å². The summed E-state index contributed by atoms with van der Waals surface area (Å²) in [6.07, 6.45) is 3.48. The predicted molar refractivity (Wildman–Crippen MR) is 68.9 cm³/mol. The van der Waals surface area contributed by atoms with Crippen LogP contribution in [-0.2, 0) is 4.79 Å². The number of amides is 1. The van der Waals surface area contributed by atoms with Gasteiger partial charge in [0.2, 0.25) is 5.91 Å². The molecule has 1 unspecified atom stereocenters. The topological polar surface area (TPSA) is 44.4 Å². The first-order valence-electron chi connectivity index (χ1n) is 6.97. The Hall–Kier alpha value is -0.610. The molecule has 0 aliphatic carbocycles. The largest absolute Gasteiger partial charge is 0.355 e. The van der Waals surface area contributed by atoms with Gasteiger partial charge in [-0.2, -0.15) is 0 Å². The number of hydrogen-bond donors (Lipinski definition) is 2. The van der Waals surface area contributed by atoms with Gasteiger partial charge in [-0.25, -0.2) is 0 Å². The molecule has 2 aliphatic heterocycles. The summed E-state index contributed by atoms with van der Waals surface area (Å²) in [5, 5.41) is 6.55. The van der Waals surface area contributed by atoms with Gasteiger partial charge in [0.05, 0.1) is 6.04 Å². The molecule has 2 N–H and O–H groups in total. The molecule has 4 heteroatoms. The van der Waals surface area contributed by atoms with Gasteiger partial charge in [0.15, 0.2) is 0 Å². The van der Waals surface area contributed by atoms with Gasteiger partial charge in [0.1, 0.15) is 0 Å². The van der Waals surface area contributed by atoms with Crippen molar-refractivity contribution in [1.82, 2.24) is 15.5 Å². The van der Waals surface area contributed by atoms with E-state index in [1.807, 2.05) is 6.92 Å². The van der Waals surface area contributed by atoms with Crippen molar-refractivity contribution in [3.8, 4) is 0 Å². The molecular formula is C13H25N3O. The molecule has 1 amide bonds. The number of hydrogen-bond acceptors (Lipinski definition) is 3. The lowest BCUT2D eigenvalue weighted by Gasteiger charge is -2.24. The Morgan fingerprint density at radius 1 is 1.53 bits per heavy atom. The van der Waals surface area contributed by atoms with Crippen molar-refractivity contribution < 1.29 is 4.79 Å². The maximum absolute atomic E-state index is 12.0. The highest BCUT2D eigenvalue weighted by atomic mass is 16.2. The second-order valence-corrected chi connectivity index (χ2v) is 5.38. The van der Waals surface area contributed by atoms with Crippen LogP contribution >= 0.6 is 0 Å². The van der Waals surface area contributed by atoms with E-state index in [0.29, 0.717) is 6.04 Å². The Balaban J connectivity index is 1.76. The van der Waals surface area contributed by atoms with Gasteiger partial charge in [-0.3, -0.25) is 9.69 Å². The predicted octanol–water partition coefficient (Wildman–Crippen LogP) is 0.585. The van der Waals surface area contributed by atoms with Gasteiger partial charge in [0.25, 0.3) is 0 Å². The third kappa shape index (κ3) is 2.99. The molecule has 2 aliphatic rings. The van der Waals surface area contributed by atoms with E-state index >= 15 is 0 Å². The summed E-state index contributed by atoms with van der Waals surface area (Å²) in [6.45, 7) is 8.26. The van der Waals surface area contributed by atoms with Crippen LogP contribution in [0.15, 0.2) is 0 Å². The highest BCUT2D eigenvalue weighted by molar-refractivity contribution is 5.81. The molecule has 0 aromatic carbocycles. The summed E-state index contributed by atoms with van der Waals surface area (Å²) < 4.78 is 0. The van der Waals surface area contributed by atoms with E-state index in [9.17, 15) is 4.79 Å². The molecule has 98 valence electrons. The van der Waals surface area contributed by atoms with Gasteiger partial charge in [-0.15, -0.1) is 0 Å². The third-order valence-electron chi connectivity index (χ3n) is 4.15. The number of unbranched alkanes of at least 4 members (excludes halogenated alkanes) is 1. The van der Waals surface area contributed by atoms with Crippen molar-refractivity contribution in [3.63, 3.8) is 0 Å². The second-order valence-electron chi connectivity index (χ2n) is 5.38. The van der Waals surface area contributed by atoms with E-state index in [4.69, 9.17) is 0 Å². The van der Waals surface area contributed by atoms with Crippen LogP contribution in [0.25, 0.3) is 0 Å².